The maximum Gasteiger partial charge on any atom is 0.411 e. The molecule has 4 aromatic rings. The van der Waals surface area contributed by atoms with Crippen LogP contribution in [0.25, 0.3) is 33.8 Å². The molecule has 1 amide bonds. The molecule has 12 heteroatoms. The molecular formula is C20H19BrClN7O3. The molecule has 0 saturated carbocycles. The van der Waals surface area contributed by atoms with Gasteiger partial charge in [-0.2, -0.15) is 0 Å². The van der Waals surface area contributed by atoms with E-state index in [1.54, 1.807) is 18.3 Å². The maximum atomic E-state index is 12.1. The first-order valence-electron chi connectivity index (χ1n) is 9.76. The van der Waals surface area contributed by atoms with Crippen molar-refractivity contribution in [2.45, 2.75) is 19.9 Å². The van der Waals surface area contributed by atoms with E-state index < -0.39 is 6.09 Å². The number of aryl methyl sites for hydroxylation is 1. The monoisotopic (exact) mass is 519 g/mol. The highest BCUT2D eigenvalue weighted by Gasteiger charge is 2.27. The maximum absolute atomic E-state index is 12.1. The predicted octanol–water partition coefficient (Wildman–Crippen LogP) is 4.67. The van der Waals surface area contributed by atoms with Crippen molar-refractivity contribution >= 4 is 56.2 Å². The lowest BCUT2D eigenvalue weighted by Gasteiger charge is -2.21. The van der Waals surface area contributed by atoms with Gasteiger partial charge in [-0.3, -0.25) is 9.88 Å². The average Bonchev–Trinajstić information content (AvgIpc) is 3.36. The Balaban J connectivity index is 2.06. The smallest absolute Gasteiger partial charge is 0.411 e. The summed E-state index contributed by atoms with van der Waals surface area (Å²) in [4.78, 5) is 22.7. The number of halogens is 2. The summed E-state index contributed by atoms with van der Waals surface area (Å²) in [7, 11) is 0. The Kier molecular flexibility index (Phi) is 6.28. The first-order chi connectivity index (χ1) is 15.5. The van der Waals surface area contributed by atoms with E-state index in [2.05, 4.69) is 31.2 Å². The quantitative estimate of drug-likeness (QED) is 0.335. The minimum absolute atomic E-state index is 0.0863. The Morgan fingerprint density at radius 2 is 2.16 bits per heavy atom. The first-order valence-corrected chi connectivity index (χ1v) is 11.3. The normalized spacial score (nSPS) is 11.2. The molecule has 3 heterocycles. The molecular weight excluding hydrogens is 502 g/mol. The van der Waals surface area contributed by atoms with E-state index in [1.807, 2.05) is 23.6 Å². The summed E-state index contributed by atoms with van der Waals surface area (Å²) in [6, 6.07) is 7.22. The van der Waals surface area contributed by atoms with Crippen LogP contribution >= 0.6 is 27.5 Å². The minimum atomic E-state index is -1.09. The standard InChI is InChI=1S/C20H19BrClN7O3/c1-2-28-17-13(29(20(30)31)8-4-7-21)10-24-14(11-5-3-6-12(22)9-11)15(17)25-19(28)16-18(23)27-32-26-16/h3,5-6,9-10H,2,4,7-8H2,1H3,(H2,23,27)(H,30,31). The zero-order valence-electron chi connectivity index (χ0n) is 17.0. The number of nitrogens with two attached hydrogens (primary N) is 1. The molecule has 4 rings (SSSR count). The van der Waals surface area contributed by atoms with Crippen LogP contribution in [0.2, 0.25) is 5.02 Å². The fourth-order valence-corrected chi connectivity index (χ4v) is 3.99. The van der Waals surface area contributed by atoms with Crippen LogP contribution in [0, 0.1) is 0 Å². The predicted molar refractivity (Wildman–Crippen MR) is 125 cm³/mol. The number of fused-ring (bicyclic) bond motifs is 1. The van der Waals surface area contributed by atoms with E-state index >= 15 is 0 Å². The zero-order chi connectivity index (χ0) is 22.8. The largest absolute Gasteiger partial charge is 0.465 e. The van der Waals surface area contributed by atoms with Crippen molar-refractivity contribution in [3.63, 3.8) is 0 Å². The van der Waals surface area contributed by atoms with Crippen molar-refractivity contribution in [3.05, 3.63) is 35.5 Å². The number of amides is 1. The second-order valence-electron chi connectivity index (χ2n) is 6.85. The fourth-order valence-electron chi connectivity index (χ4n) is 3.55. The summed E-state index contributed by atoms with van der Waals surface area (Å²) in [5.74, 6) is 0.493. The van der Waals surface area contributed by atoms with Crippen LogP contribution in [-0.4, -0.2) is 47.9 Å². The minimum Gasteiger partial charge on any atom is -0.465 e. The number of aromatic nitrogens is 5. The molecule has 0 spiro atoms. The van der Waals surface area contributed by atoms with Crippen molar-refractivity contribution in [1.82, 2.24) is 24.8 Å². The Hall–Kier alpha value is -3.18. The molecule has 0 atom stereocenters. The number of anilines is 2. The number of carboxylic acid groups (broad SMARTS) is 1. The third-order valence-electron chi connectivity index (χ3n) is 4.93. The van der Waals surface area contributed by atoms with Crippen LogP contribution in [-0.2, 0) is 6.54 Å². The van der Waals surface area contributed by atoms with E-state index in [-0.39, 0.29) is 18.1 Å². The van der Waals surface area contributed by atoms with Gasteiger partial charge in [0.05, 0.1) is 23.1 Å². The number of hydrogen-bond donors (Lipinski definition) is 2. The molecule has 10 nitrogen and oxygen atoms in total. The molecule has 166 valence electrons. The van der Waals surface area contributed by atoms with Gasteiger partial charge in [-0.1, -0.05) is 39.7 Å². The number of imidazole rings is 1. The molecule has 0 unspecified atom stereocenters. The van der Waals surface area contributed by atoms with E-state index in [9.17, 15) is 9.90 Å². The number of carbonyl (C=O) groups is 1. The van der Waals surface area contributed by atoms with Crippen molar-refractivity contribution in [1.29, 1.82) is 0 Å². The SMILES string of the molecule is CCn1c(-c2nonc2N)nc2c(-c3cccc(Cl)c3)ncc(N(CCCBr)C(=O)O)c21. The molecule has 0 radical (unpaired) electrons. The van der Waals surface area contributed by atoms with Gasteiger partial charge in [-0.25, -0.2) is 14.4 Å². The van der Waals surface area contributed by atoms with E-state index in [0.29, 0.717) is 51.6 Å². The lowest BCUT2D eigenvalue weighted by atomic mass is 10.1. The molecule has 32 heavy (non-hydrogen) atoms. The van der Waals surface area contributed by atoms with Crippen molar-refractivity contribution in [3.8, 4) is 22.8 Å². The lowest BCUT2D eigenvalue weighted by Crippen LogP contribution is -2.31. The van der Waals surface area contributed by atoms with Gasteiger partial charge < -0.3 is 15.4 Å². The molecule has 0 saturated heterocycles. The summed E-state index contributed by atoms with van der Waals surface area (Å²) >= 11 is 9.56. The zero-order valence-corrected chi connectivity index (χ0v) is 19.3. The van der Waals surface area contributed by atoms with Crippen molar-refractivity contribution in [2.75, 3.05) is 22.5 Å². The molecule has 3 N–H and O–H groups in total. The number of rotatable bonds is 7. The van der Waals surface area contributed by atoms with Crippen LogP contribution in [0.15, 0.2) is 35.1 Å². The van der Waals surface area contributed by atoms with Gasteiger partial charge in [-0.15, -0.1) is 0 Å². The molecule has 0 aliphatic carbocycles. The van der Waals surface area contributed by atoms with Crippen LogP contribution in [0.3, 0.4) is 0 Å². The molecule has 0 aliphatic rings. The number of alkyl halides is 1. The lowest BCUT2D eigenvalue weighted by molar-refractivity contribution is 0.202. The first kappa shape index (κ1) is 22.0. The highest BCUT2D eigenvalue weighted by molar-refractivity contribution is 9.09. The molecule has 1 aromatic carbocycles. The van der Waals surface area contributed by atoms with Gasteiger partial charge in [0.2, 0.25) is 0 Å². The summed E-state index contributed by atoms with van der Waals surface area (Å²) in [5.41, 5.74) is 9.00. The second kappa shape index (κ2) is 9.13. The van der Waals surface area contributed by atoms with Gasteiger partial charge in [-0.05, 0) is 35.8 Å². The average molecular weight is 521 g/mol. The Labute approximate surface area is 196 Å². The highest BCUT2D eigenvalue weighted by Crippen LogP contribution is 2.37. The topological polar surface area (TPSA) is 136 Å². The van der Waals surface area contributed by atoms with Crippen LogP contribution < -0.4 is 10.6 Å². The molecule has 0 bridgehead atoms. The van der Waals surface area contributed by atoms with Gasteiger partial charge in [0.25, 0.3) is 0 Å². The summed E-state index contributed by atoms with van der Waals surface area (Å²) in [5, 5.41) is 18.7. The second-order valence-corrected chi connectivity index (χ2v) is 8.08. The van der Waals surface area contributed by atoms with Crippen LogP contribution in [0.4, 0.5) is 16.3 Å². The van der Waals surface area contributed by atoms with E-state index in [0.717, 1.165) is 5.56 Å². The van der Waals surface area contributed by atoms with E-state index in [1.165, 1.54) is 4.90 Å². The Morgan fingerprint density at radius 1 is 1.34 bits per heavy atom. The van der Waals surface area contributed by atoms with Crippen LogP contribution in [0.1, 0.15) is 13.3 Å². The third-order valence-corrected chi connectivity index (χ3v) is 5.72. The Morgan fingerprint density at radius 3 is 2.78 bits per heavy atom. The van der Waals surface area contributed by atoms with E-state index in [4.69, 9.17) is 26.9 Å². The van der Waals surface area contributed by atoms with Crippen molar-refractivity contribution < 1.29 is 14.5 Å². The van der Waals surface area contributed by atoms with Gasteiger partial charge >= 0.3 is 6.09 Å². The van der Waals surface area contributed by atoms with Gasteiger partial charge in [0, 0.05) is 29.0 Å². The van der Waals surface area contributed by atoms with Crippen LogP contribution in [0.5, 0.6) is 0 Å². The number of pyridine rings is 1. The molecule has 0 fully saturated rings. The Bertz CT molecular complexity index is 1290. The number of nitrogens with zero attached hydrogens (tertiary/aromatic N) is 6. The van der Waals surface area contributed by atoms with Crippen molar-refractivity contribution in [2.24, 2.45) is 0 Å². The van der Waals surface area contributed by atoms with Gasteiger partial charge in [0.1, 0.15) is 5.52 Å². The summed E-state index contributed by atoms with van der Waals surface area (Å²) in [6.45, 7) is 2.67. The molecule has 0 aliphatic heterocycles. The third kappa shape index (κ3) is 3.89. The number of nitrogen functional groups attached to an aromatic ring is 1. The fraction of sp³-hybridized carbons (Fsp3) is 0.250. The molecule has 3 aromatic heterocycles. The summed E-state index contributed by atoms with van der Waals surface area (Å²) < 4.78 is 6.61. The number of hydrogen-bond acceptors (Lipinski definition) is 7. The number of benzene rings is 1. The summed E-state index contributed by atoms with van der Waals surface area (Å²) in [6.07, 6.45) is 1.08. The highest BCUT2D eigenvalue weighted by atomic mass is 79.9. The van der Waals surface area contributed by atoms with Gasteiger partial charge in [0.15, 0.2) is 17.3 Å².